The number of hydrogen-bond donors (Lipinski definition) is 0. The van der Waals surface area contributed by atoms with E-state index >= 15 is 0 Å². The van der Waals surface area contributed by atoms with Crippen LogP contribution < -0.4 is 0 Å². The normalized spacial score (nSPS) is 18.1. The summed E-state index contributed by atoms with van der Waals surface area (Å²) in [6, 6.07) is 10.4. The summed E-state index contributed by atoms with van der Waals surface area (Å²) in [7, 11) is 0. The zero-order valence-electron chi connectivity index (χ0n) is 11.8. The van der Waals surface area contributed by atoms with Crippen LogP contribution in [0, 0.1) is 20.8 Å². The lowest BCUT2D eigenvalue weighted by molar-refractivity contribution is 0.502. The Morgan fingerprint density at radius 1 is 1.48 bits per heavy atom. The highest BCUT2D eigenvalue weighted by molar-refractivity contribution is 14.1. The van der Waals surface area contributed by atoms with Crippen LogP contribution in [0.15, 0.2) is 24.3 Å². The maximum Gasteiger partial charge on any atom is 0.134 e. The summed E-state index contributed by atoms with van der Waals surface area (Å²) in [5.41, 5.74) is 2.96. The Morgan fingerprint density at radius 2 is 2.29 bits per heavy atom. The SMILES string of the molecule is CC1CCc2nc(/C(C#N)=C\c3ccccc3I)sc2C1. The summed E-state index contributed by atoms with van der Waals surface area (Å²) in [5.74, 6) is 0.732. The van der Waals surface area contributed by atoms with Gasteiger partial charge in [-0.25, -0.2) is 4.98 Å². The Morgan fingerprint density at radius 3 is 3.05 bits per heavy atom. The second kappa shape index (κ2) is 6.29. The van der Waals surface area contributed by atoms with E-state index in [4.69, 9.17) is 4.98 Å². The molecule has 1 aromatic carbocycles. The second-order valence-corrected chi connectivity index (χ2v) is 7.67. The number of thiazole rings is 1. The van der Waals surface area contributed by atoms with Gasteiger partial charge in [-0.3, -0.25) is 0 Å². The van der Waals surface area contributed by atoms with Crippen LogP contribution >= 0.6 is 33.9 Å². The number of rotatable bonds is 2. The monoisotopic (exact) mass is 406 g/mol. The molecule has 0 aliphatic heterocycles. The van der Waals surface area contributed by atoms with E-state index in [9.17, 15) is 5.26 Å². The van der Waals surface area contributed by atoms with Gasteiger partial charge in [0.05, 0.1) is 11.3 Å². The third-order valence-electron chi connectivity index (χ3n) is 3.74. The first-order valence-corrected chi connectivity index (χ1v) is 8.92. The minimum atomic E-state index is 0.672. The molecule has 1 heterocycles. The molecule has 1 aliphatic rings. The molecule has 0 bridgehead atoms. The Bertz CT molecular complexity index is 739. The summed E-state index contributed by atoms with van der Waals surface area (Å²) >= 11 is 3.99. The summed E-state index contributed by atoms with van der Waals surface area (Å²) in [6.07, 6.45) is 5.32. The standard InChI is InChI=1S/C17H15IN2S/c1-11-6-7-15-16(8-11)21-17(20-15)13(10-19)9-12-4-2-3-5-14(12)18/h2-5,9,11H,6-8H2,1H3/b13-9-. The fourth-order valence-electron chi connectivity index (χ4n) is 2.54. The van der Waals surface area contributed by atoms with Crippen molar-refractivity contribution >= 4 is 45.6 Å². The van der Waals surface area contributed by atoms with Crippen molar-refractivity contribution in [1.29, 1.82) is 5.26 Å². The lowest BCUT2D eigenvalue weighted by atomic mass is 9.93. The van der Waals surface area contributed by atoms with Crippen LogP contribution in [0.1, 0.15) is 34.5 Å². The van der Waals surface area contributed by atoms with Crippen LogP contribution in [-0.4, -0.2) is 4.98 Å². The zero-order chi connectivity index (χ0) is 14.8. The second-order valence-electron chi connectivity index (χ2n) is 5.43. The van der Waals surface area contributed by atoms with Crippen LogP contribution in [0.5, 0.6) is 0 Å². The molecule has 0 saturated carbocycles. The number of benzene rings is 1. The molecule has 0 spiro atoms. The summed E-state index contributed by atoms with van der Waals surface area (Å²) in [4.78, 5) is 6.08. The van der Waals surface area contributed by atoms with Crippen molar-refractivity contribution in [1.82, 2.24) is 4.98 Å². The minimum Gasteiger partial charge on any atom is -0.240 e. The molecule has 1 aliphatic carbocycles. The number of aromatic nitrogens is 1. The van der Waals surface area contributed by atoms with Gasteiger partial charge in [-0.1, -0.05) is 25.1 Å². The molecule has 1 unspecified atom stereocenters. The number of nitriles is 1. The third-order valence-corrected chi connectivity index (χ3v) is 5.88. The maximum atomic E-state index is 9.49. The van der Waals surface area contributed by atoms with Crippen LogP contribution in [-0.2, 0) is 12.8 Å². The van der Waals surface area contributed by atoms with E-state index in [-0.39, 0.29) is 0 Å². The predicted molar refractivity (Wildman–Crippen MR) is 95.9 cm³/mol. The van der Waals surface area contributed by atoms with E-state index in [1.165, 1.54) is 17.0 Å². The summed E-state index contributed by atoms with van der Waals surface area (Å²) in [5, 5.41) is 10.4. The van der Waals surface area contributed by atoms with Gasteiger partial charge < -0.3 is 0 Å². The molecular formula is C17H15IN2S. The Labute approximate surface area is 142 Å². The van der Waals surface area contributed by atoms with Gasteiger partial charge in [-0.05, 0) is 65.5 Å². The summed E-state index contributed by atoms with van der Waals surface area (Å²) < 4.78 is 1.15. The molecule has 0 saturated heterocycles. The number of allylic oxidation sites excluding steroid dienone is 1. The van der Waals surface area contributed by atoms with E-state index in [0.29, 0.717) is 5.57 Å². The van der Waals surface area contributed by atoms with Gasteiger partial charge in [0.25, 0.3) is 0 Å². The number of fused-ring (bicyclic) bond motifs is 1. The molecule has 0 fully saturated rings. The van der Waals surface area contributed by atoms with E-state index in [1.807, 2.05) is 24.3 Å². The molecular weight excluding hydrogens is 391 g/mol. The van der Waals surface area contributed by atoms with Crippen molar-refractivity contribution in [2.24, 2.45) is 5.92 Å². The Hall–Kier alpha value is -1.19. The lowest BCUT2D eigenvalue weighted by Crippen LogP contribution is -2.09. The first-order chi connectivity index (χ1) is 10.2. The number of hydrogen-bond acceptors (Lipinski definition) is 3. The first kappa shape index (κ1) is 14.7. The van der Waals surface area contributed by atoms with Crippen molar-refractivity contribution in [3.05, 3.63) is 49.0 Å². The average Bonchev–Trinajstić information content (AvgIpc) is 2.89. The first-order valence-electron chi connectivity index (χ1n) is 7.02. The van der Waals surface area contributed by atoms with Gasteiger partial charge in [0.2, 0.25) is 0 Å². The minimum absolute atomic E-state index is 0.672. The average molecular weight is 406 g/mol. The van der Waals surface area contributed by atoms with Crippen molar-refractivity contribution in [2.45, 2.75) is 26.2 Å². The van der Waals surface area contributed by atoms with Gasteiger partial charge in [-0.2, -0.15) is 5.26 Å². The molecule has 1 aromatic heterocycles. The van der Waals surface area contributed by atoms with Crippen molar-refractivity contribution in [3.63, 3.8) is 0 Å². The molecule has 106 valence electrons. The van der Waals surface area contributed by atoms with Gasteiger partial charge in [0, 0.05) is 8.45 Å². The van der Waals surface area contributed by atoms with Gasteiger partial charge in [0.1, 0.15) is 11.1 Å². The van der Waals surface area contributed by atoms with Crippen LogP contribution in [0.3, 0.4) is 0 Å². The quantitative estimate of drug-likeness (QED) is 0.524. The molecule has 0 amide bonds. The van der Waals surface area contributed by atoms with Gasteiger partial charge in [-0.15, -0.1) is 11.3 Å². The summed E-state index contributed by atoms with van der Waals surface area (Å²) in [6.45, 7) is 2.29. The molecule has 2 aromatic rings. The van der Waals surface area contributed by atoms with Crippen LogP contribution in [0.4, 0.5) is 0 Å². The molecule has 1 atom stereocenters. The highest BCUT2D eigenvalue weighted by Crippen LogP contribution is 2.33. The van der Waals surface area contributed by atoms with Crippen LogP contribution in [0.2, 0.25) is 0 Å². The molecule has 4 heteroatoms. The van der Waals surface area contributed by atoms with Crippen molar-refractivity contribution < 1.29 is 0 Å². The topological polar surface area (TPSA) is 36.7 Å². The fraction of sp³-hybridized carbons (Fsp3) is 0.294. The highest BCUT2D eigenvalue weighted by Gasteiger charge is 2.21. The highest BCUT2D eigenvalue weighted by atomic mass is 127. The Balaban J connectivity index is 1.98. The maximum absolute atomic E-state index is 9.49. The van der Waals surface area contributed by atoms with E-state index in [1.54, 1.807) is 11.3 Å². The lowest BCUT2D eigenvalue weighted by Gasteiger charge is -2.15. The smallest absolute Gasteiger partial charge is 0.134 e. The molecule has 21 heavy (non-hydrogen) atoms. The molecule has 3 rings (SSSR count). The van der Waals surface area contributed by atoms with Crippen LogP contribution in [0.25, 0.3) is 11.6 Å². The molecule has 0 radical (unpaired) electrons. The predicted octanol–water partition coefficient (Wildman–Crippen LogP) is 4.94. The number of nitrogens with zero attached hydrogens (tertiary/aromatic N) is 2. The number of halogens is 1. The fourth-order valence-corrected chi connectivity index (χ4v) is 4.32. The van der Waals surface area contributed by atoms with E-state index in [0.717, 1.165) is 32.9 Å². The zero-order valence-corrected chi connectivity index (χ0v) is 14.7. The van der Waals surface area contributed by atoms with Crippen molar-refractivity contribution in [2.75, 3.05) is 0 Å². The van der Waals surface area contributed by atoms with Gasteiger partial charge in [0.15, 0.2) is 0 Å². The molecule has 2 nitrogen and oxygen atoms in total. The molecule has 0 N–H and O–H groups in total. The van der Waals surface area contributed by atoms with Gasteiger partial charge >= 0.3 is 0 Å². The largest absolute Gasteiger partial charge is 0.240 e. The van der Waals surface area contributed by atoms with E-state index in [2.05, 4.69) is 41.7 Å². The number of aryl methyl sites for hydroxylation is 1. The van der Waals surface area contributed by atoms with E-state index < -0.39 is 0 Å². The third kappa shape index (κ3) is 3.19. The Kier molecular flexibility index (Phi) is 4.41. The van der Waals surface area contributed by atoms with Crippen molar-refractivity contribution in [3.8, 4) is 6.07 Å².